The topological polar surface area (TPSA) is 87.3 Å². The number of benzene rings is 3. The summed E-state index contributed by atoms with van der Waals surface area (Å²) < 4.78 is 0. The molecule has 0 heterocycles. The summed E-state index contributed by atoms with van der Waals surface area (Å²) in [6.07, 6.45) is 0. The number of rotatable bonds is 6. The quantitative estimate of drug-likeness (QED) is 0.565. The molecule has 1 unspecified atom stereocenters. The zero-order valence-corrected chi connectivity index (χ0v) is 16.9. The standard InChI is InChI=1S/C23H20ClN3O3/c1-25-22(29)18-14-17(12-13-19(18)24)26-23(30)20(15-8-4-2-5-9-15)27-21(28)16-10-6-3-7-11-16/h2-14,20H,1H3,(H,25,29)(H,26,30)(H,27,28). The van der Waals surface area contributed by atoms with Crippen molar-refractivity contribution in [3.63, 3.8) is 0 Å². The average molecular weight is 422 g/mol. The molecule has 0 aliphatic rings. The van der Waals surface area contributed by atoms with Crippen molar-refractivity contribution in [1.82, 2.24) is 10.6 Å². The second-order valence-corrected chi connectivity index (χ2v) is 6.85. The van der Waals surface area contributed by atoms with Crippen molar-refractivity contribution >= 4 is 35.0 Å². The maximum absolute atomic E-state index is 13.1. The first-order valence-corrected chi connectivity index (χ1v) is 9.60. The number of hydrogen-bond donors (Lipinski definition) is 3. The first-order valence-electron chi connectivity index (χ1n) is 9.23. The molecule has 3 aromatic rings. The molecule has 6 nitrogen and oxygen atoms in total. The fourth-order valence-corrected chi connectivity index (χ4v) is 3.08. The lowest BCUT2D eigenvalue weighted by Crippen LogP contribution is -2.37. The summed E-state index contributed by atoms with van der Waals surface area (Å²) in [7, 11) is 1.49. The Kier molecular flexibility index (Phi) is 6.83. The van der Waals surface area contributed by atoms with Gasteiger partial charge in [-0.25, -0.2) is 0 Å². The highest BCUT2D eigenvalue weighted by Gasteiger charge is 2.24. The maximum atomic E-state index is 13.1. The van der Waals surface area contributed by atoms with Crippen molar-refractivity contribution in [2.45, 2.75) is 6.04 Å². The van der Waals surface area contributed by atoms with Gasteiger partial charge in [0.05, 0.1) is 10.6 Å². The van der Waals surface area contributed by atoms with E-state index in [2.05, 4.69) is 16.0 Å². The van der Waals surface area contributed by atoms with E-state index in [0.717, 1.165) is 0 Å². The number of carbonyl (C=O) groups is 3. The first kappa shape index (κ1) is 21.1. The van der Waals surface area contributed by atoms with E-state index in [1.54, 1.807) is 54.6 Å². The molecule has 0 aliphatic carbocycles. The second-order valence-electron chi connectivity index (χ2n) is 6.45. The van der Waals surface area contributed by atoms with E-state index in [9.17, 15) is 14.4 Å². The fourth-order valence-electron chi connectivity index (χ4n) is 2.88. The van der Waals surface area contributed by atoms with Crippen LogP contribution in [0.25, 0.3) is 0 Å². The van der Waals surface area contributed by atoms with Gasteiger partial charge >= 0.3 is 0 Å². The van der Waals surface area contributed by atoms with Gasteiger partial charge in [-0.3, -0.25) is 14.4 Å². The molecule has 3 aromatic carbocycles. The van der Waals surface area contributed by atoms with Crippen LogP contribution in [0.5, 0.6) is 0 Å². The molecular formula is C23H20ClN3O3. The Morgan fingerprint density at radius 1 is 0.833 bits per heavy atom. The zero-order valence-electron chi connectivity index (χ0n) is 16.2. The van der Waals surface area contributed by atoms with Crippen molar-refractivity contribution in [3.8, 4) is 0 Å². The molecule has 3 amide bonds. The summed E-state index contributed by atoms with van der Waals surface area (Å²) in [5.41, 5.74) is 1.69. The number of halogens is 1. The molecule has 0 bridgehead atoms. The molecule has 0 fully saturated rings. The third-order valence-electron chi connectivity index (χ3n) is 4.41. The molecule has 30 heavy (non-hydrogen) atoms. The number of carbonyl (C=O) groups excluding carboxylic acids is 3. The Bertz CT molecular complexity index is 1060. The van der Waals surface area contributed by atoms with Crippen LogP contribution in [-0.2, 0) is 4.79 Å². The molecule has 152 valence electrons. The lowest BCUT2D eigenvalue weighted by atomic mass is 10.0. The summed E-state index contributed by atoms with van der Waals surface area (Å²) in [4.78, 5) is 37.7. The van der Waals surface area contributed by atoms with Gasteiger partial charge in [0.2, 0.25) is 0 Å². The molecule has 3 N–H and O–H groups in total. The predicted molar refractivity (Wildman–Crippen MR) is 117 cm³/mol. The van der Waals surface area contributed by atoms with Crippen molar-refractivity contribution in [3.05, 3.63) is 101 Å². The van der Waals surface area contributed by atoms with Gasteiger partial charge in [0.25, 0.3) is 17.7 Å². The van der Waals surface area contributed by atoms with E-state index < -0.39 is 11.9 Å². The molecule has 7 heteroatoms. The molecular weight excluding hydrogens is 402 g/mol. The molecule has 3 rings (SSSR count). The van der Waals surface area contributed by atoms with Crippen molar-refractivity contribution in [2.24, 2.45) is 0 Å². The van der Waals surface area contributed by atoms with Gasteiger partial charge in [-0.2, -0.15) is 0 Å². The minimum Gasteiger partial charge on any atom is -0.355 e. The van der Waals surface area contributed by atoms with E-state index in [1.165, 1.54) is 19.2 Å². The van der Waals surface area contributed by atoms with E-state index in [4.69, 9.17) is 11.6 Å². The third-order valence-corrected chi connectivity index (χ3v) is 4.74. The van der Waals surface area contributed by atoms with Crippen molar-refractivity contribution in [2.75, 3.05) is 12.4 Å². The molecule has 0 spiro atoms. The van der Waals surface area contributed by atoms with Crippen LogP contribution < -0.4 is 16.0 Å². The molecule has 0 saturated carbocycles. The Morgan fingerprint density at radius 3 is 2.10 bits per heavy atom. The normalized spacial score (nSPS) is 11.3. The van der Waals surface area contributed by atoms with Gasteiger partial charge in [0.1, 0.15) is 6.04 Å². The van der Waals surface area contributed by atoms with Crippen LogP contribution in [0.15, 0.2) is 78.9 Å². The number of nitrogens with one attached hydrogen (secondary N) is 3. The van der Waals surface area contributed by atoms with E-state index in [-0.39, 0.29) is 22.4 Å². The van der Waals surface area contributed by atoms with Gasteiger partial charge in [-0.15, -0.1) is 0 Å². The van der Waals surface area contributed by atoms with Crippen molar-refractivity contribution in [1.29, 1.82) is 0 Å². The first-order chi connectivity index (χ1) is 14.5. The Hall–Kier alpha value is -3.64. The molecule has 0 aromatic heterocycles. The third kappa shape index (κ3) is 5.04. The monoisotopic (exact) mass is 421 g/mol. The van der Waals surface area contributed by atoms with E-state index in [0.29, 0.717) is 16.8 Å². The molecule has 1 atom stereocenters. The lowest BCUT2D eigenvalue weighted by Gasteiger charge is -2.19. The van der Waals surface area contributed by atoms with Crippen LogP contribution in [0.1, 0.15) is 32.3 Å². The van der Waals surface area contributed by atoms with Gasteiger partial charge < -0.3 is 16.0 Å². The minimum atomic E-state index is -0.932. The molecule has 0 radical (unpaired) electrons. The number of anilines is 1. The summed E-state index contributed by atoms with van der Waals surface area (Å²) in [5, 5.41) is 8.30. The highest BCUT2D eigenvalue weighted by Crippen LogP contribution is 2.22. The van der Waals surface area contributed by atoms with Gasteiger partial charge in [0.15, 0.2) is 0 Å². The number of amides is 3. The van der Waals surface area contributed by atoms with E-state index >= 15 is 0 Å². The Labute approximate surface area is 179 Å². The van der Waals surface area contributed by atoms with Crippen LogP contribution in [-0.4, -0.2) is 24.8 Å². The highest BCUT2D eigenvalue weighted by atomic mass is 35.5. The van der Waals surface area contributed by atoms with Crippen LogP contribution in [0.3, 0.4) is 0 Å². The Morgan fingerprint density at radius 2 is 1.47 bits per heavy atom. The lowest BCUT2D eigenvalue weighted by molar-refractivity contribution is -0.118. The predicted octanol–water partition coefficient (Wildman–Crippen LogP) is 3.81. The zero-order chi connectivity index (χ0) is 21.5. The maximum Gasteiger partial charge on any atom is 0.252 e. The summed E-state index contributed by atoms with van der Waals surface area (Å²) in [5.74, 6) is -1.19. The highest BCUT2D eigenvalue weighted by molar-refractivity contribution is 6.34. The summed E-state index contributed by atoms with van der Waals surface area (Å²) in [6, 6.07) is 21.2. The molecule has 0 aliphatic heterocycles. The average Bonchev–Trinajstić information content (AvgIpc) is 2.79. The second kappa shape index (κ2) is 9.71. The summed E-state index contributed by atoms with van der Waals surface area (Å²) >= 11 is 6.07. The number of hydrogen-bond acceptors (Lipinski definition) is 3. The van der Waals surface area contributed by atoms with Gasteiger partial charge in [-0.1, -0.05) is 60.1 Å². The van der Waals surface area contributed by atoms with Crippen LogP contribution in [0.4, 0.5) is 5.69 Å². The van der Waals surface area contributed by atoms with E-state index in [1.807, 2.05) is 12.1 Å². The van der Waals surface area contributed by atoms with Crippen molar-refractivity contribution < 1.29 is 14.4 Å². The Balaban J connectivity index is 1.86. The smallest absolute Gasteiger partial charge is 0.252 e. The van der Waals surface area contributed by atoms with Crippen LogP contribution in [0.2, 0.25) is 5.02 Å². The van der Waals surface area contributed by atoms with Gasteiger partial charge in [-0.05, 0) is 35.9 Å². The molecule has 0 saturated heterocycles. The van der Waals surface area contributed by atoms with Crippen LogP contribution in [0, 0.1) is 0 Å². The largest absolute Gasteiger partial charge is 0.355 e. The fraction of sp³-hybridized carbons (Fsp3) is 0.0870. The van der Waals surface area contributed by atoms with Crippen LogP contribution >= 0.6 is 11.6 Å². The van der Waals surface area contributed by atoms with Gasteiger partial charge in [0, 0.05) is 18.3 Å². The summed E-state index contributed by atoms with van der Waals surface area (Å²) in [6.45, 7) is 0. The minimum absolute atomic E-state index is 0.238. The SMILES string of the molecule is CNC(=O)c1cc(NC(=O)C(NC(=O)c2ccccc2)c2ccccc2)ccc1Cl.